The highest BCUT2D eigenvalue weighted by atomic mass is 19.3. The highest BCUT2D eigenvalue weighted by Crippen LogP contribution is 2.39. The molecule has 0 aliphatic carbocycles. The van der Waals surface area contributed by atoms with Crippen molar-refractivity contribution in [1.82, 2.24) is 34.9 Å². The van der Waals surface area contributed by atoms with Crippen molar-refractivity contribution in [2.24, 2.45) is 5.92 Å². The number of piperidine rings is 7. The van der Waals surface area contributed by atoms with E-state index in [4.69, 9.17) is 28.4 Å². The summed E-state index contributed by atoms with van der Waals surface area (Å²) in [5, 5.41) is 57.0. The number of halogens is 2. The first kappa shape index (κ1) is 110. The van der Waals surface area contributed by atoms with Crippen LogP contribution in [0.4, 0.5) is 48.6 Å². The molecule has 133 heavy (non-hydrogen) atoms. The number of rotatable bonds is 27. The Bertz CT molecular complexity index is 3860. The number of anilines is 7. The number of aromatic nitrogens is 7. The van der Waals surface area contributed by atoms with Crippen LogP contribution in [0.15, 0.2) is 128 Å². The SMILES string of the molecule is CCC1CCN(c2ccc(C(C)C)nc2)CC1(F)F.COC1(CO)CCN(c2ccc(C(C)C)nc2)CC1.COC1CCC(CO)N(c2ccc(C(C)C)nc2)C1.CO[C@@H]1CC[C@@H](CO)N(c2ccc(C(C)C)nc2)C1.CO[C@@H]1CC[C@H](CO)N(c2ccc(C(C)C)nc2)C1.CO[C@H]1CC[C@@H](CO)N(c2ccc(C(C)C)nc2)C1.CO[C@H]1CC[C@H](CO)N(c2ccc(C(C)C)nc2)C1. The Hall–Kier alpha value is -7.97. The van der Waals surface area contributed by atoms with E-state index in [0.29, 0.717) is 60.8 Å². The van der Waals surface area contributed by atoms with Crippen molar-refractivity contribution in [3.63, 3.8) is 0 Å². The van der Waals surface area contributed by atoms with Crippen LogP contribution in [0.3, 0.4) is 0 Å². The molecule has 742 valence electrons. The van der Waals surface area contributed by atoms with Gasteiger partial charge in [-0.1, -0.05) is 104 Å². The summed E-state index contributed by atoms with van der Waals surface area (Å²) >= 11 is 0. The van der Waals surface area contributed by atoms with Crippen LogP contribution in [0.5, 0.6) is 0 Å². The predicted octanol–water partition coefficient (Wildman–Crippen LogP) is 17.2. The van der Waals surface area contributed by atoms with E-state index in [-0.39, 0.29) is 113 Å². The number of ether oxygens (including phenoxy) is 6. The highest BCUT2D eigenvalue weighted by Gasteiger charge is 2.44. The van der Waals surface area contributed by atoms with Gasteiger partial charge in [-0.2, -0.15) is 0 Å². The molecule has 6 N–H and O–H groups in total. The van der Waals surface area contributed by atoms with Gasteiger partial charge in [0.1, 0.15) is 0 Å². The van der Waals surface area contributed by atoms with Crippen molar-refractivity contribution < 1.29 is 67.8 Å². The fourth-order valence-corrected chi connectivity index (χ4v) is 18.2. The summed E-state index contributed by atoms with van der Waals surface area (Å²) in [7, 11) is 10.4. The maximum atomic E-state index is 14.0. The first-order valence-corrected chi connectivity index (χ1v) is 49.1. The van der Waals surface area contributed by atoms with Gasteiger partial charge in [0.2, 0.25) is 0 Å². The zero-order valence-corrected chi connectivity index (χ0v) is 84.2. The number of pyridine rings is 7. The minimum Gasteiger partial charge on any atom is -0.394 e. The number of nitrogens with zero attached hydrogens (tertiary/aromatic N) is 14. The van der Waals surface area contributed by atoms with E-state index in [0.717, 1.165) is 203 Å². The van der Waals surface area contributed by atoms with Gasteiger partial charge >= 0.3 is 0 Å². The van der Waals surface area contributed by atoms with Gasteiger partial charge in [-0.25, -0.2) is 8.78 Å². The van der Waals surface area contributed by atoms with Crippen LogP contribution in [0.2, 0.25) is 0 Å². The van der Waals surface area contributed by atoms with E-state index in [1.54, 1.807) is 53.8 Å². The van der Waals surface area contributed by atoms with Crippen LogP contribution in [0.1, 0.15) is 275 Å². The molecule has 26 nitrogen and oxygen atoms in total. The number of methoxy groups -OCH3 is 6. The topological polar surface area (TPSA) is 290 Å². The van der Waals surface area contributed by atoms with Gasteiger partial charge in [0.15, 0.2) is 0 Å². The fraction of sp³-hybridized carbons (Fsp3) is 0.667. The lowest BCUT2D eigenvalue weighted by Gasteiger charge is -2.40. The number of alkyl halides is 2. The summed E-state index contributed by atoms with van der Waals surface area (Å²) in [6, 6.07) is 29.8. The Morgan fingerprint density at radius 3 is 0.692 bits per heavy atom. The molecule has 0 radical (unpaired) electrons. The molecule has 0 aromatic carbocycles. The summed E-state index contributed by atoms with van der Waals surface area (Å²) in [4.78, 5) is 46.6. The average molecular weight is 1850 g/mol. The Balaban J connectivity index is 0.000000191. The van der Waals surface area contributed by atoms with Crippen molar-refractivity contribution in [3.05, 3.63) is 168 Å². The third kappa shape index (κ3) is 32.3. The highest BCUT2D eigenvalue weighted by molar-refractivity contribution is 5.52. The van der Waals surface area contributed by atoms with Gasteiger partial charge in [0, 0.05) is 141 Å². The molecule has 7 aliphatic rings. The molecule has 0 bridgehead atoms. The van der Waals surface area contributed by atoms with E-state index >= 15 is 0 Å². The molecule has 0 spiro atoms. The Morgan fingerprint density at radius 2 is 0.526 bits per heavy atom. The van der Waals surface area contributed by atoms with Crippen LogP contribution < -0.4 is 34.3 Å². The average Bonchev–Trinajstić information content (AvgIpc) is 0.800. The fourth-order valence-electron chi connectivity index (χ4n) is 18.2. The quantitative estimate of drug-likeness (QED) is 0.0279. The Kier molecular flexibility index (Phi) is 46.0. The van der Waals surface area contributed by atoms with E-state index in [1.165, 1.54) is 0 Å². The van der Waals surface area contributed by atoms with E-state index in [9.17, 15) is 39.4 Å². The molecule has 0 amide bonds. The molecule has 7 fully saturated rings. The van der Waals surface area contributed by atoms with Crippen LogP contribution in [-0.2, 0) is 28.4 Å². The monoisotopic (exact) mass is 1850 g/mol. The second-order valence-electron chi connectivity index (χ2n) is 38.9. The molecule has 7 saturated heterocycles. The second kappa shape index (κ2) is 55.4. The number of hydrogen-bond donors (Lipinski definition) is 6. The standard InChI is InChI=1S/C15H22F2N2.6C15H24N2O2/c1-4-12-7-8-19(10-15(12,16)17)13-5-6-14(11(2)3)18-9-13;5*1-11(2)15-7-5-12(8-16-15)17-9-14(19-3)6-4-13(17)10-18;1-12(2)14-5-4-13(10-16-14)17-8-6-15(11-18,19-3)7-9-17/h5-6,9,11-12H,4,7-8,10H2,1-3H3;5*5,7-8,11,13-14,18H,4,6,9-10H2,1-3H3;4-5,10,12,18H,6-9,11H2,1-3H3/t;2*13-,14+;2*13-,14-;;/m.1010../s1. The van der Waals surface area contributed by atoms with Gasteiger partial charge in [-0.05, 0) is 216 Å². The molecule has 3 unspecified atom stereocenters. The van der Waals surface area contributed by atoms with Crippen molar-refractivity contribution >= 4 is 39.8 Å². The van der Waals surface area contributed by atoms with Crippen molar-refractivity contribution in [3.8, 4) is 0 Å². The lowest BCUT2D eigenvalue weighted by molar-refractivity contribution is -0.0673. The van der Waals surface area contributed by atoms with Gasteiger partial charge in [-0.15, -0.1) is 0 Å². The molecule has 0 saturated carbocycles. The first-order chi connectivity index (χ1) is 63.8. The lowest BCUT2D eigenvalue weighted by atomic mass is 9.90. The van der Waals surface area contributed by atoms with Crippen LogP contribution in [0.25, 0.3) is 0 Å². The second-order valence-corrected chi connectivity index (χ2v) is 38.9. The summed E-state index contributed by atoms with van der Waals surface area (Å²) in [6.45, 7) is 39.1. The van der Waals surface area contributed by atoms with Gasteiger partial charge in [0.25, 0.3) is 5.92 Å². The summed E-state index contributed by atoms with van der Waals surface area (Å²) in [5.74, 6) is -0.0447. The smallest absolute Gasteiger partial charge is 0.268 e. The Labute approximate surface area is 795 Å². The van der Waals surface area contributed by atoms with Gasteiger partial charge < -0.3 is 93.4 Å². The lowest BCUT2D eigenvalue weighted by Crippen LogP contribution is -2.48. The predicted molar refractivity (Wildman–Crippen MR) is 533 cm³/mol. The molecular weight excluding hydrogens is 1690 g/mol. The zero-order chi connectivity index (χ0) is 97.1. The molecule has 7 aromatic heterocycles. The molecule has 14 rings (SSSR count). The van der Waals surface area contributed by atoms with E-state index in [1.807, 2.05) is 56.2 Å². The third-order valence-corrected chi connectivity index (χ3v) is 27.6. The minimum absolute atomic E-state index is 0.0991. The van der Waals surface area contributed by atoms with Crippen molar-refractivity contribution in [2.75, 3.05) is 176 Å². The minimum atomic E-state index is -2.59. The normalized spacial score (nSPS) is 23.1. The summed E-state index contributed by atoms with van der Waals surface area (Å²) < 4.78 is 60.6. The van der Waals surface area contributed by atoms with Gasteiger partial charge in [-0.3, -0.25) is 34.9 Å². The Morgan fingerprint density at radius 1 is 0.308 bits per heavy atom. The van der Waals surface area contributed by atoms with Crippen LogP contribution in [-0.4, -0.2) is 279 Å². The number of aliphatic hydroxyl groups excluding tert-OH is 6. The maximum Gasteiger partial charge on any atom is 0.268 e. The van der Waals surface area contributed by atoms with Crippen LogP contribution >= 0.6 is 0 Å². The third-order valence-electron chi connectivity index (χ3n) is 27.6. The van der Waals surface area contributed by atoms with Gasteiger partial charge in [0.05, 0.1) is 196 Å². The molecule has 14 heterocycles. The molecule has 7 aromatic rings. The summed E-state index contributed by atoms with van der Waals surface area (Å²) in [5.41, 5.74) is 14.6. The molecule has 7 aliphatic heterocycles. The largest absolute Gasteiger partial charge is 0.394 e. The maximum absolute atomic E-state index is 14.0. The van der Waals surface area contributed by atoms with Crippen molar-refractivity contribution in [2.45, 2.75) is 307 Å². The molecule has 28 heteroatoms. The number of aliphatic hydroxyl groups is 6. The summed E-state index contributed by atoms with van der Waals surface area (Å²) in [6.07, 6.45) is 27.1. The molecule has 11 atom stereocenters. The van der Waals surface area contributed by atoms with E-state index < -0.39 is 11.8 Å². The number of hydrogen-bond acceptors (Lipinski definition) is 26. The zero-order valence-electron chi connectivity index (χ0n) is 84.2. The van der Waals surface area contributed by atoms with Crippen molar-refractivity contribution in [1.29, 1.82) is 0 Å². The van der Waals surface area contributed by atoms with Crippen LogP contribution in [0, 0.1) is 5.92 Å². The van der Waals surface area contributed by atoms with E-state index in [2.05, 4.69) is 234 Å². The first-order valence-electron chi connectivity index (χ1n) is 49.1. The molecular formula is C105H166F2N14O12.